The molecule has 2 nitrogen and oxygen atoms in total. The van der Waals surface area contributed by atoms with E-state index < -0.39 is 0 Å². The summed E-state index contributed by atoms with van der Waals surface area (Å²) < 4.78 is 13.4. The van der Waals surface area contributed by atoms with Gasteiger partial charge in [0.2, 0.25) is 0 Å². The SMILES string of the molecule is CC1=CC(C)CC(C(C#N)Nc2cc(C)cc(F)c2)C1. The van der Waals surface area contributed by atoms with Crippen molar-refractivity contribution < 1.29 is 4.39 Å². The Morgan fingerprint density at radius 1 is 1.35 bits per heavy atom. The summed E-state index contributed by atoms with van der Waals surface area (Å²) in [6.07, 6.45) is 4.21. The van der Waals surface area contributed by atoms with Crippen LogP contribution in [0.3, 0.4) is 0 Å². The summed E-state index contributed by atoms with van der Waals surface area (Å²) in [5, 5.41) is 12.6. The molecule has 3 unspecified atom stereocenters. The van der Waals surface area contributed by atoms with Crippen molar-refractivity contribution in [1.29, 1.82) is 5.26 Å². The van der Waals surface area contributed by atoms with Crippen molar-refractivity contribution in [1.82, 2.24) is 0 Å². The third-order valence-corrected chi connectivity index (χ3v) is 3.80. The number of aryl methyl sites for hydroxylation is 1. The van der Waals surface area contributed by atoms with Gasteiger partial charge < -0.3 is 5.32 Å². The lowest BCUT2D eigenvalue weighted by Crippen LogP contribution is -2.30. The quantitative estimate of drug-likeness (QED) is 0.826. The van der Waals surface area contributed by atoms with Gasteiger partial charge in [-0.3, -0.25) is 0 Å². The zero-order valence-electron chi connectivity index (χ0n) is 12.3. The van der Waals surface area contributed by atoms with Gasteiger partial charge in [-0.15, -0.1) is 0 Å². The van der Waals surface area contributed by atoms with E-state index in [1.54, 1.807) is 0 Å². The van der Waals surface area contributed by atoms with Crippen molar-refractivity contribution in [3.8, 4) is 6.07 Å². The van der Waals surface area contributed by atoms with Gasteiger partial charge in [-0.1, -0.05) is 18.6 Å². The van der Waals surface area contributed by atoms with Crippen molar-refractivity contribution in [3.63, 3.8) is 0 Å². The summed E-state index contributed by atoms with van der Waals surface area (Å²) in [7, 11) is 0. The Kier molecular flexibility index (Phi) is 4.44. The number of hydrogen-bond donors (Lipinski definition) is 1. The lowest BCUT2D eigenvalue weighted by atomic mass is 9.80. The van der Waals surface area contributed by atoms with Crippen molar-refractivity contribution in [2.45, 2.75) is 39.7 Å². The molecule has 0 amide bonds. The van der Waals surface area contributed by atoms with Gasteiger partial charge in [0.05, 0.1) is 6.07 Å². The van der Waals surface area contributed by atoms with Crippen LogP contribution in [0.15, 0.2) is 29.8 Å². The van der Waals surface area contributed by atoms with Crippen molar-refractivity contribution in [2.75, 3.05) is 5.32 Å². The van der Waals surface area contributed by atoms with E-state index in [4.69, 9.17) is 0 Å². The Morgan fingerprint density at radius 3 is 2.70 bits per heavy atom. The molecule has 0 heterocycles. The van der Waals surface area contributed by atoms with E-state index in [9.17, 15) is 9.65 Å². The van der Waals surface area contributed by atoms with Crippen LogP contribution in [-0.4, -0.2) is 6.04 Å². The molecule has 0 saturated heterocycles. The van der Waals surface area contributed by atoms with Crippen LogP contribution in [0, 0.1) is 35.9 Å². The van der Waals surface area contributed by atoms with E-state index in [0.29, 0.717) is 11.6 Å². The normalized spacial score (nSPS) is 23.6. The summed E-state index contributed by atoms with van der Waals surface area (Å²) in [6.45, 7) is 6.14. The standard InChI is InChI=1S/C17H21FN2/c1-11-4-12(2)6-14(5-11)17(10-19)20-16-8-13(3)7-15(18)9-16/h4,7-9,11,14,17,20H,5-6H2,1-3H3. The van der Waals surface area contributed by atoms with Crippen molar-refractivity contribution in [3.05, 3.63) is 41.2 Å². The Labute approximate surface area is 120 Å². The van der Waals surface area contributed by atoms with Crippen LogP contribution in [0.4, 0.5) is 10.1 Å². The number of nitrogens with zero attached hydrogens (tertiary/aromatic N) is 1. The molecule has 0 spiro atoms. The second-order valence-electron chi connectivity index (χ2n) is 5.96. The second-order valence-corrected chi connectivity index (χ2v) is 5.96. The Balaban J connectivity index is 2.13. The smallest absolute Gasteiger partial charge is 0.125 e. The van der Waals surface area contributed by atoms with Crippen LogP contribution in [0.1, 0.15) is 32.3 Å². The van der Waals surface area contributed by atoms with Gasteiger partial charge in [0.1, 0.15) is 11.9 Å². The molecule has 3 heteroatoms. The molecule has 0 aromatic heterocycles. The lowest BCUT2D eigenvalue weighted by Gasteiger charge is -2.29. The van der Waals surface area contributed by atoms with Gasteiger partial charge in [0.15, 0.2) is 0 Å². The largest absolute Gasteiger partial charge is 0.369 e. The van der Waals surface area contributed by atoms with E-state index in [1.807, 2.05) is 13.0 Å². The highest BCUT2D eigenvalue weighted by Crippen LogP contribution is 2.31. The highest BCUT2D eigenvalue weighted by Gasteiger charge is 2.26. The van der Waals surface area contributed by atoms with E-state index in [0.717, 1.165) is 18.4 Å². The number of benzene rings is 1. The molecular weight excluding hydrogens is 251 g/mol. The number of anilines is 1. The fourth-order valence-electron chi connectivity index (χ4n) is 3.10. The van der Waals surface area contributed by atoms with E-state index in [2.05, 4.69) is 31.3 Å². The molecule has 20 heavy (non-hydrogen) atoms. The van der Waals surface area contributed by atoms with Crippen molar-refractivity contribution in [2.24, 2.45) is 11.8 Å². The number of hydrogen-bond acceptors (Lipinski definition) is 2. The molecule has 1 aliphatic rings. The van der Waals surface area contributed by atoms with Crippen LogP contribution < -0.4 is 5.32 Å². The summed E-state index contributed by atoms with van der Waals surface area (Å²) in [5.74, 6) is 0.515. The van der Waals surface area contributed by atoms with Crippen LogP contribution in [0.25, 0.3) is 0 Å². The van der Waals surface area contributed by atoms with Crippen LogP contribution in [-0.2, 0) is 0 Å². The lowest BCUT2D eigenvalue weighted by molar-refractivity contribution is 0.388. The third-order valence-electron chi connectivity index (χ3n) is 3.80. The monoisotopic (exact) mass is 272 g/mol. The van der Waals surface area contributed by atoms with Gasteiger partial charge in [0, 0.05) is 5.69 Å². The predicted molar refractivity (Wildman–Crippen MR) is 79.8 cm³/mol. The molecule has 1 aliphatic carbocycles. The van der Waals surface area contributed by atoms with Crippen LogP contribution in [0.2, 0.25) is 0 Å². The molecule has 106 valence electrons. The minimum absolute atomic E-state index is 0.266. The maximum Gasteiger partial charge on any atom is 0.125 e. The summed E-state index contributed by atoms with van der Waals surface area (Å²) in [5.41, 5.74) is 2.89. The van der Waals surface area contributed by atoms with Gasteiger partial charge >= 0.3 is 0 Å². The molecule has 1 aromatic rings. The highest BCUT2D eigenvalue weighted by atomic mass is 19.1. The highest BCUT2D eigenvalue weighted by molar-refractivity contribution is 5.48. The summed E-state index contributed by atoms with van der Waals surface area (Å²) in [4.78, 5) is 0. The van der Waals surface area contributed by atoms with Gasteiger partial charge in [0.25, 0.3) is 0 Å². The first-order valence-electron chi connectivity index (χ1n) is 7.08. The average Bonchev–Trinajstić information content (AvgIpc) is 2.33. The van der Waals surface area contributed by atoms with Gasteiger partial charge in [-0.2, -0.15) is 5.26 Å². The first kappa shape index (κ1) is 14.6. The minimum Gasteiger partial charge on any atom is -0.369 e. The molecule has 3 atom stereocenters. The molecule has 0 aliphatic heterocycles. The fraction of sp³-hybridized carbons (Fsp3) is 0.471. The molecule has 0 bridgehead atoms. The molecule has 0 fully saturated rings. The Hall–Kier alpha value is -1.82. The predicted octanol–water partition coefficient (Wildman–Crippen LogP) is 4.43. The molecule has 0 saturated carbocycles. The Bertz CT molecular complexity index is 536. The Morgan fingerprint density at radius 2 is 2.10 bits per heavy atom. The van der Waals surface area contributed by atoms with Gasteiger partial charge in [-0.25, -0.2) is 4.39 Å². The summed E-state index contributed by atoms with van der Waals surface area (Å²) >= 11 is 0. The van der Waals surface area contributed by atoms with Gasteiger partial charge in [-0.05, 0) is 62.3 Å². The first-order valence-corrected chi connectivity index (χ1v) is 7.08. The second kappa shape index (κ2) is 6.09. The number of nitriles is 1. The molecule has 2 rings (SSSR count). The number of allylic oxidation sites excluding steroid dienone is 2. The molecule has 1 N–H and O–H groups in total. The van der Waals surface area contributed by atoms with Crippen LogP contribution >= 0.6 is 0 Å². The zero-order valence-corrected chi connectivity index (χ0v) is 12.3. The molecule has 0 radical (unpaired) electrons. The van der Waals surface area contributed by atoms with Crippen LogP contribution in [0.5, 0.6) is 0 Å². The molecular formula is C17H21FN2. The third kappa shape index (κ3) is 3.60. The first-order chi connectivity index (χ1) is 9.47. The van der Waals surface area contributed by atoms with Crippen molar-refractivity contribution >= 4 is 5.69 Å². The zero-order chi connectivity index (χ0) is 14.7. The maximum absolute atomic E-state index is 13.4. The fourth-order valence-corrected chi connectivity index (χ4v) is 3.10. The summed E-state index contributed by atoms with van der Waals surface area (Å²) in [6, 6.07) is 6.88. The average molecular weight is 272 g/mol. The topological polar surface area (TPSA) is 35.8 Å². The van der Waals surface area contributed by atoms with E-state index in [-0.39, 0.29) is 17.8 Å². The maximum atomic E-state index is 13.4. The number of nitrogens with one attached hydrogen (secondary N) is 1. The molecule has 1 aromatic carbocycles. The van der Waals surface area contributed by atoms with E-state index in [1.165, 1.54) is 17.7 Å². The minimum atomic E-state index is -0.276. The number of rotatable bonds is 3. The number of halogens is 1. The van der Waals surface area contributed by atoms with E-state index >= 15 is 0 Å².